The lowest BCUT2D eigenvalue weighted by molar-refractivity contribution is 0.459. The molecule has 1 heterocycles. The zero-order valence-electron chi connectivity index (χ0n) is 11.2. The summed E-state index contributed by atoms with van der Waals surface area (Å²) in [7, 11) is 0. The van der Waals surface area contributed by atoms with Crippen LogP contribution in [0.25, 0.3) is 0 Å². The van der Waals surface area contributed by atoms with Crippen LogP contribution in [0.15, 0.2) is 24.4 Å². The minimum Gasteiger partial charge on any atom is -0.437 e. The predicted molar refractivity (Wildman–Crippen MR) is 77.2 cm³/mol. The van der Waals surface area contributed by atoms with Crippen molar-refractivity contribution in [1.82, 2.24) is 9.97 Å². The maximum atomic E-state index is 6.06. The highest BCUT2D eigenvalue weighted by atomic mass is 35.5. The Balaban J connectivity index is 2.31. The Morgan fingerprint density at radius 3 is 2.84 bits per heavy atom. The van der Waals surface area contributed by atoms with Gasteiger partial charge in [-0.3, -0.25) is 0 Å². The first-order valence-corrected chi connectivity index (χ1v) is 6.49. The molecule has 4 nitrogen and oxygen atoms in total. The lowest BCUT2D eigenvalue weighted by Crippen LogP contribution is -2.03. The van der Waals surface area contributed by atoms with Crippen LogP contribution in [0, 0.1) is 13.8 Å². The van der Waals surface area contributed by atoms with E-state index >= 15 is 0 Å². The Morgan fingerprint density at radius 2 is 2.11 bits per heavy atom. The lowest BCUT2D eigenvalue weighted by atomic mass is 10.1. The standard InChI is InChI=1S/C14H16ClN3O/c1-4-16-14-17-8-11(15)13(18-14)19-12-7-9(2)5-6-10(12)3/h5-8H,4H2,1-3H3,(H,16,17,18). The Labute approximate surface area is 117 Å². The van der Waals surface area contributed by atoms with Crippen molar-refractivity contribution in [3.63, 3.8) is 0 Å². The fraction of sp³-hybridized carbons (Fsp3) is 0.286. The third-order valence-corrected chi connectivity index (χ3v) is 2.86. The second kappa shape index (κ2) is 5.89. The molecule has 19 heavy (non-hydrogen) atoms. The van der Waals surface area contributed by atoms with Crippen LogP contribution < -0.4 is 10.1 Å². The van der Waals surface area contributed by atoms with E-state index in [1.54, 1.807) is 0 Å². The maximum Gasteiger partial charge on any atom is 0.243 e. The zero-order valence-corrected chi connectivity index (χ0v) is 12.0. The van der Waals surface area contributed by atoms with Crippen molar-refractivity contribution in [2.45, 2.75) is 20.8 Å². The molecule has 0 saturated heterocycles. The van der Waals surface area contributed by atoms with Crippen LogP contribution in [0.3, 0.4) is 0 Å². The van der Waals surface area contributed by atoms with Gasteiger partial charge in [0.2, 0.25) is 11.8 Å². The summed E-state index contributed by atoms with van der Waals surface area (Å²) < 4.78 is 5.78. The SMILES string of the molecule is CCNc1ncc(Cl)c(Oc2cc(C)ccc2C)n1. The number of nitrogens with zero attached hydrogens (tertiary/aromatic N) is 2. The summed E-state index contributed by atoms with van der Waals surface area (Å²) >= 11 is 6.06. The highest BCUT2D eigenvalue weighted by molar-refractivity contribution is 6.31. The molecular formula is C14H16ClN3O. The monoisotopic (exact) mass is 277 g/mol. The molecule has 100 valence electrons. The van der Waals surface area contributed by atoms with Crippen molar-refractivity contribution >= 4 is 17.5 Å². The second-order valence-corrected chi connectivity index (χ2v) is 4.66. The van der Waals surface area contributed by atoms with Crippen LogP contribution in [-0.2, 0) is 0 Å². The lowest BCUT2D eigenvalue weighted by Gasteiger charge is -2.11. The summed E-state index contributed by atoms with van der Waals surface area (Å²) in [6, 6.07) is 6.00. The number of halogens is 1. The van der Waals surface area contributed by atoms with E-state index in [1.807, 2.05) is 39.0 Å². The third kappa shape index (κ3) is 3.35. The molecule has 2 rings (SSSR count). The van der Waals surface area contributed by atoms with Crippen molar-refractivity contribution in [3.8, 4) is 11.6 Å². The molecule has 1 aromatic heterocycles. The van der Waals surface area contributed by atoms with Gasteiger partial charge in [-0.1, -0.05) is 23.7 Å². The Morgan fingerprint density at radius 1 is 1.32 bits per heavy atom. The fourth-order valence-corrected chi connectivity index (χ4v) is 1.72. The molecule has 0 bridgehead atoms. The Hall–Kier alpha value is -1.81. The third-order valence-electron chi connectivity index (χ3n) is 2.60. The summed E-state index contributed by atoms with van der Waals surface area (Å²) in [5, 5.41) is 3.42. The van der Waals surface area contributed by atoms with Crippen LogP contribution >= 0.6 is 11.6 Å². The van der Waals surface area contributed by atoms with Crippen LogP contribution in [0.4, 0.5) is 5.95 Å². The van der Waals surface area contributed by atoms with Crippen molar-refractivity contribution in [1.29, 1.82) is 0 Å². The van der Waals surface area contributed by atoms with E-state index in [9.17, 15) is 0 Å². The Bertz CT molecular complexity index is 587. The summed E-state index contributed by atoms with van der Waals surface area (Å²) in [5.74, 6) is 1.62. The minimum absolute atomic E-state index is 0.362. The molecule has 0 saturated carbocycles. The smallest absolute Gasteiger partial charge is 0.243 e. The summed E-state index contributed by atoms with van der Waals surface area (Å²) in [4.78, 5) is 8.33. The molecule has 0 radical (unpaired) electrons. The van der Waals surface area contributed by atoms with Gasteiger partial charge in [0.05, 0.1) is 6.20 Å². The van der Waals surface area contributed by atoms with Crippen molar-refractivity contribution in [3.05, 3.63) is 40.5 Å². The zero-order chi connectivity index (χ0) is 13.8. The number of ether oxygens (including phenoxy) is 1. The van der Waals surface area contributed by atoms with Gasteiger partial charge in [-0.15, -0.1) is 0 Å². The number of nitrogens with one attached hydrogen (secondary N) is 1. The number of aromatic nitrogens is 2. The highest BCUT2D eigenvalue weighted by Gasteiger charge is 2.09. The van der Waals surface area contributed by atoms with Gasteiger partial charge >= 0.3 is 0 Å². The summed E-state index contributed by atoms with van der Waals surface area (Å²) in [6.07, 6.45) is 1.53. The molecule has 0 atom stereocenters. The molecule has 0 spiro atoms. The van der Waals surface area contributed by atoms with Gasteiger partial charge in [0.15, 0.2) is 0 Å². The van der Waals surface area contributed by atoms with Gasteiger partial charge in [-0.25, -0.2) is 4.98 Å². The van der Waals surface area contributed by atoms with E-state index in [4.69, 9.17) is 16.3 Å². The van der Waals surface area contributed by atoms with Gasteiger partial charge < -0.3 is 10.1 Å². The topological polar surface area (TPSA) is 47.0 Å². The van der Waals surface area contributed by atoms with Gasteiger partial charge in [-0.2, -0.15) is 4.98 Å². The first-order chi connectivity index (χ1) is 9.10. The number of hydrogen-bond acceptors (Lipinski definition) is 4. The molecule has 0 aliphatic heterocycles. The van der Waals surface area contributed by atoms with Crippen LogP contribution in [0.1, 0.15) is 18.1 Å². The van der Waals surface area contributed by atoms with Crippen molar-refractivity contribution < 1.29 is 4.74 Å². The number of aryl methyl sites for hydroxylation is 2. The normalized spacial score (nSPS) is 10.3. The summed E-state index contributed by atoms with van der Waals surface area (Å²) in [5.41, 5.74) is 2.16. The van der Waals surface area contributed by atoms with Crippen LogP contribution in [0.2, 0.25) is 5.02 Å². The maximum absolute atomic E-state index is 6.06. The number of hydrogen-bond donors (Lipinski definition) is 1. The molecule has 2 aromatic rings. The first kappa shape index (κ1) is 13.6. The van der Waals surface area contributed by atoms with E-state index in [1.165, 1.54) is 6.20 Å². The largest absolute Gasteiger partial charge is 0.437 e. The molecule has 0 unspecified atom stereocenters. The van der Waals surface area contributed by atoms with E-state index in [-0.39, 0.29) is 0 Å². The summed E-state index contributed by atoms with van der Waals surface area (Å²) in [6.45, 7) is 6.71. The molecule has 5 heteroatoms. The Kier molecular flexibility index (Phi) is 4.22. The van der Waals surface area contributed by atoms with Gasteiger partial charge in [0.1, 0.15) is 10.8 Å². The average Bonchev–Trinajstić information content (AvgIpc) is 2.38. The predicted octanol–water partition coefficient (Wildman–Crippen LogP) is 3.97. The van der Waals surface area contributed by atoms with Crippen LogP contribution in [-0.4, -0.2) is 16.5 Å². The van der Waals surface area contributed by atoms with Gasteiger partial charge in [-0.05, 0) is 38.0 Å². The average molecular weight is 278 g/mol. The molecule has 0 aliphatic rings. The van der Waals surface area contributed by atoms with E-state index < -0.39 is 0 Å². The number of benzene rings is 1. The van der Waals surface area contributed by atoms with Crippen molar-refractivity contribution in [2.24, 2.45) is 0 Å². The number of anilines is 1. The quantitative estimate of drug-likeness (QED) is 0.918. The van der Waals surface area contributed by atoms with E-state index in [2.05, 4.69) is 15.3 Å². The number of rotatable bonds is 4. The van der Waals surface area contributed by atoms with E-state index in [0.717, 1.165) is 23.4 Å². The van der Waals surface area contributed by atoms with Crippen molar-refractivity contribution in [2.75, 3.05) is 11.9 Å². The second-order valence-electron chi connectivity index (χ2n) is 4.25. The fourth-order valence-electron chi connectivity index (χ4n) is 1.59. The van der Waals surface area contributed by atoms with E-state index in [0.29, 0.717) is 16.9 Å². The first-order valence-electron chi connectivity index (χ1n) is 6.11. The van der Waals surface area contributed by atoms with Gasteiger partial charge in [0, 0.05) is 6.54 Å². The molecule has 1 aromatic carbocycles. The van der Waals surface area contributed by atoms with Crippen LogP contribution in [0.5, 0.6) is 11.6 Å². The molecule has 0 fully saturated rings. The molecule has 0 amide bonds. The molecule has 0 aliphatic carbocycles. The van der Waals surface area contributed by atoms with Gasteiger partial charge in [0.25, 0.3) is 0 Å². The molecule has 1 N–H and O–H groups in total. The highest BCUT2D eigenvalue weighted by Crippen LogP contribution is 2.30. The molecular weight excluding hydrogens is 262 g/mol. The minimum atomic E-state index is 0.362.